The van der Waals surface area contributed by atoms with Crippen molar-refractivity contribution in [1.82, 2.24) is 20.1 Å². The summed E-state index contributed by atoms with van der Waals surface area (Å²) in [5, 5.41) is 9.64. The fraction of sp³-hybridized carbons (Fsp3) is 0.400. The zero-order chi connectivity index (χ0) is 17.9. The first kappa shape index (κ1) is 17.0. The predicted octanol–water partition coefficient (Wildman–Crippen LogP) is 3.10. The summed E-state index contributed by atoms with van der Waals surface area (Å²) in [5.74, 6) is 2.67. The fourth-order valence-electron chi connectivity index (χ4n) is 3.39. The van der Waals surface area contributed by atoms with E-state index >= 15 is 0 Å². The summed E-state index contributed by atoms with van der Waals surface area (Å²) in [4.78, 5) is 6.88. The molecule has 1 N–H and O–H groups in total. The molecular formula is C20H24N4O2. The molecule has 0 spiro atoms. The van der Waals surface area contributed by atoms with Crippen LogP contribution >= 0.6 is 0 Å². The summed E-state index contributed by atoms with van der Waals surface area (Å²) in [7, 11) is 1.69. The van der Waals surface area contributed by atoms with Crippen molar-refractivity contribution in [2.45, 2.75) is 26.0 Å². The molecule has 6 heteroatoms. The van der Waals surface area contributed by atoms with Crippen molar-refractivity contribution < 1.29 is 9.47 Å². The highest BCUT2D eigenvalue weighted by Crippen LogP contribution is 2.28. The number of H-pyrrole nitrogens is 1. The molecule has 6 nitrogen and oxygen atoms in total. The molecule has 1 aliphatic rings. The average Bonchev–Trinajstić information content (AvgIpc) is 3.15. The van der Waals surface area contributed by atoms with E-state index in [1.807, 2.05) is 6.07 Å². The molecule has 1 aliphatic heterocycles. The number of aryl methyl sites for hydroxylation is 1. The quantitative estimate of drug-likeness (QED) is 0.764. The Kier molecular flexibility index (Phi) is 4.86. The zero-order valence-electron chi connectivity index (χ0n) is 15.2. The van der Waals surface area contributed by atoms with Crippen molar-refractivity contribution in [2.24, 2.45) is 0 Å². The number of benzene rings is 2. The van der Waals surface area contributed by atoms with Crippen molar-refractivity contribution in [1.29, 1.82) is 0 Å². The van der Waals surface area contributed by atoms with Crippen LogP contribution in [0.25, 0.3) is 10.8 Å². The maximum absolute atomic E-state index is 6.04. The lowest BCUT2D eigenvalue weighted by Crippen LogP contribution is -2.38. The Hall–Kier alpha value is -2.44. The lowest BCUT2D eigenvalue weighted by atomic mass is 10.0. The third-order valence-corrected chi connectivity index (χ3v) is 4.86. The van der Waals surface area contributed by atoms with Crippen molar-refractivity contribution in [3.63, 3.8) is 0 Å². The topological polar surface area (TPSA) is 63.3 Å². The lowest BCUT2D eigenvalue weighted by Gasteiger charge is -2.32. The van der Waals surface area contributed by atoms with Crippen LogP contribution in [-0.2, 0) is 17.7 Å². The number of hydrogen-bond donors (Lipinski definition) is 1. The number of nitrogens with zero attached hydrogens (tertiary/aromatic N) is 3. The highest BCUT2D eigenvalue weighted by atomic mass is 16.5. The first-order valence-corrected chi connectivity index (χ1v) is 9.07. The summed E-state index contributed by atoms with van der Waals surface area (Å²) in [6.45, 7) is 5.32. The van der Waals surface area contributed by atoms with E-state index in [0.29, 0.717) is 0 Å². The molecule has 4 rings (SSSR count). The number of aromatic nitrogens is 3. The Morgan fingerprint density at radius 1 is 1.23 bits per heavy atom. The summed E-state index contributed by atoms with van der Waals surface area (Å²) >= 11 is 0. The molecule has 26 heavy (non-hydrogen) atoms. The molecule has 2 heterocycles. The maximum Gasteiger partial charge on any atom is 0.150 e. The Bertz CT molecular complexity index is 892. The molecule has 0 bridgehead atoms. The third-order valence-electron chi connectivity index (χ3n) is 4.86. The molecule has 1 unspecified atom stereocenters. The number of ether oxygens (including phenoxy) is 2. The van der Waals surface area contributed by atoms with Gasteiger partial charge in [0.2, 0.25) is 0 Å². The van der Waals surface area contributed by atoms with Gasteiger partial charge in [-0.15, -0.1) is 0 Å². The molecule has 0 radical (unpaired) electrons. The zero-order valence-corrected chi connectivity index (χ0v) is 15.2. The Morgan fingerprint density at radius 3 is 2.88 bits per heavy atom. The van der Waals surface area contributed by atoms with Crippen LogP contribution in [0.15, 0.2) is 36.4 Å². The number of fused-ring (bicyclic) bond motifs is 1. The first-order valence-electron chi connectivity index (χ1n) is 9.07. The molecule has 1 fully saturated rings. The monoisotopic (exact) mass is 352 g/mol. The summed E-state index contributed by atoms with van der Waals surface area (Å²) < 4.78 is 11.3. The van der Waals surface area contributed by atoms with Crippen LogP contribution in [0.2, 0.25) is 0 Å². The summed E-state index contributed by atoms with van der Waals surface area (Å²) in [6.07, 6.45) is 0.924. The molecule has 1 aromatic heterocycles. The van der Waals surface area contributed by atoms with Gasteiger partial charge in [0, 0.05) is 19.5 Å². The fourth-order valence-corrected chi connectivity index (χ4v) is 3.39. The average molecular weight is 352 g/mol. The predicted molar refractivity (Wildman–Crippen MR) is 100 cm³/mol. The number of morpholine rings is 1. The van der Waals surface area contributed by atoms with Crippen LogP contribution in [-0.4, -0.2) is 46.9 Å². The second-order valence-corrected chi connectivity index (χ2v) is 6.62. The Morgan fingerprint density at radius 2 is 2.08 bits per heavy atom. The number of aromatic amines is 1. The van der Waals surface area contributed by atoms with Crippen LogP contribution in [0.3, 0.4) is 0 Å². The molecule has 0 amide bonds. The van der Waals surface area contributed by atoms with Crippen LogP contribution < -0.4 is 4.74 Å². The molecule has 0 aliphatic carbocycles. The second kappa shape index (κ2) is 7.43. The molecule has 1 atom stereocenters. The van der Waals surface area contributed by atoms with Crippen LogP contribution in [0.4, 0.5) is 0 Å². The van der Waals surface area contributed by atoms with Gasteiger partial charge in [-0.2, -0.15) is 5.10 Å². The third kappa shape index (κ3) is 3.57. The van der Waals surface area contributed by atoms with Crippen LogP contribution in [0.5, 0.6) is 5.75 Å². The van der Waals surface area contributed by atoms with Gasteiger partial charge in [0.1, 0.15) is 17.4 Å². The van der Waals surface area contributed by atoms with Crippen molar-refractivity contribution in [3.8, 4) is 5.75 Å². The van der Waals surface area contributed by atoms with Gasteiger partial charge in [0.25, 0.3) is 0 Å². The standard InChI is InChI=1S/C20H24N4O2/c1-3-19-21-20(23-22-19)13-24-8-9-26-18(12-24)16-5-4-15-11-17(25-2)7-6-14(15)10-16/h4-7,10-11,18H,3,8-9,12-13H2,1-2H3,(H,21,22,23). The highest BCUT2D eigenvalue weighted by Gasteiger charge is 2.23. The molecule has 2 aromatic carbocycles. The van der Waals surface area contributed by atoms with Crippen molar-refractivity contribution >= 4 is 10.8 Å². The van der Waals surface area contributed by atoms with E-state index in [9.17, 15) is 0 Å². The molecule has 0 saturated carbocycles. The van der Waals surface area contributed by atoms with Gasteiger partial charge in [-0.1, -0.05) is 25.1 Å². The van der Waals surface area contributed by atoms with E-state index in [-0.39, 0.29) is 6.10 Å². The number of nitrogens with one attached hydrogen (secondary N) is 1. The Labute approximate surface area is 153 Å². The minimum atomic E-state index is 0.0730. The van der Waals surface area contributed by atoms with Crippen molar-refractivity contribution in [2.75, 3.05) is 26.8 Å². The lowest BCUT2D eigenvalue weighted by molar-refractivity contribution is -0.0335. The van der Waals surface area contributed by atoms with Gasteiger partial charge in [-0.05, 0) is 34.5 Å². The van der Waals surface area contributed by atoms with Gasteiger partial charge in [-0.25, -0.2) is 4.98 Å². The van der Waals surface area contributed by atoms with E-state index in [0.717, 1.165) is 50.1 Å². The normalized spacial score (nSPS) is 18.3. The summed E-state index contributed by atoms with van der Waals surface area (Å²) in [5.41, 5.74) is 1.21. The van der Waals surface area contributed by atoms with E-state index < -0.39 is 0 Å². The maximum atomic E-state index is 6.04. The van der Waals surface area contributed by atoms with Gasteiger partial charge >= 0.3 is 0 Å². The molecule has 3 aromatic rings. The number of methoxy groups -OCH3 is 1. The second-order valence-electron chi connectivity index (χ2n) is 6.62. The summed E-state index contributed by atoms with van der Waals surface area (Å²) in [6, 6.07) is 12.7. The molecule has 136 valence electrons. The number of rotatable bonds is 5. The van der Waals surface area contributed by atoms with E-state index in [4.69, 9.17) is 9.47 Å². The van der Waals surface area contributed by atoms with E-state index in [1.165, 1.54) is 16.3 Å². The molecule has 1 saturated heterocycles. The van der Waals surface area contributed by atoms with Crippen LogP contribution in [0, 0.1) is 0 Å². The smallest absolute Gasteiger partial charge is 0.150 e. The first-order chi connectivity index (χ1) is 12.7. The minimum Gasteiger partial charge on any atom is -0.497 e. The largest absolute Gasteiger partial charge is 0.497 e. The SMILES string of the molecule is CCc1n[nH]c(CN2CCOC(c3ccc4cc(OC)ccc4c3)C2)n1. The highest BCUT2D eigenvalue weighted by molar-refractivity contribution is 5.84. The van der Waals surface area contributed by atoms with Gasteiger partial charge in [-0.3, -0.25) is 10.00 Å². The van der Waals surface area contributed by atoms with Crippen molar-refractivity contribution in [3.05, 3.63) is 53.6 Å². The van der Waals surface area contributed by atoms with Gasteiger partial charge < -0.3 is 9.47 Å². The Balaban J connectivity index is 1.49. The van der Waals surface area contributed by atoms with Crippen LogP contribution in [0.1, 0.15) is 30.2 Å². The van der Waals surface area contributed by atoms with E-state index in [2.05, 4.69) is 57.3 Å². The van der Waals surface area contributed by atoms with Gasteiger partial charge in [0.05, 0.1) is 26.4 Å². The van der Waals surface area contributed by atoms with E-state index in [1.54, 1.807) is 7.11 Å². The number of hydrogen-bond acceptors (Lipinski definition) is 5. The molecular weight excluding hydrogens is 328 g/mol. The van der Waals surface area contributed by atoms with Gasteiger partial charge in [0.15, 0.2) is 0 Å². The minimum absolute atomic E-state index is 0.0730.